The van der Waals surface area contributed by atoms with E-state index in [1.165, 1.54) is 0 Å². The molecule has 162 valence electrons. The number of esters is 1. The van der Waals surface area contributed by atoms with Crippen LogP contribution in [0.5, 0.6) is 0 Å². The summed E-state index contributed by atoms with van der Waals surface area (Å²) in [7, 11) is -3.76. The van der Waals surface area contributed by atoms with Crippen molar-refractivity contribution in [3.63, 3.8) is 0 Å². The van der Waals surface area contributed by atoms with Crippen LogP contribution in [0.25, 0.3) is 0 Å². The van der Waals surface area contributed by atoms with E-state index in [1.54, 1.807) is 51.1 Å². The number of carbonyl (C=O) groups excluding carboxylic acids is 2. The quantitative estimate of drug-likeness (QED) is 0.643. The van der Waals surface area contributed by atoms with Crippen molar-refractivity contribution >= 4 is 33.3 Å². The molecule has 7 nitrogen and oxygen atoms in total. The lowest BCUT2D eigenvalue weighted by Gasteiger charge is -2.31. The van der Waals surface area contributed by atoms with Gasteiger partial charge >= 0.3 is 5.97 Å². The highest BCUT2D eigenvalue weighted by Gasteiger charge is 2.33. The summed E-state index contributed by atoms with van der Waals surface area (Å²) < 4.78 is 31.6. The van der Waals surface area contributed by atoms with Gasteiger partial charge in [-0.25, -0.2) is 13.2 Å². The molecule has 0 aromatic heterocycles. The predicted octanol–water partition coefficient (Wildman–Crippen LogP) is 3.66. The molecule has 0 aliphatic heterocycles. The summed E-state index contributed by atoms with van der Waals surface area (Å²) in [4.78, 5) is 25.4. The van der Waals surface area contributed by atoms with Crippen LogP contribution >= 0.6 is 0 Å². The molecule has 2 aromatic carbocycles. The van der Waals surface area contributed by atoms with Crippen molar-refractivity contribution in [3.8, 4) is 0 Å². The van der Waals surface area contributed by atoms with Crippen molar-refractivity contribution in [2.45, 2.75) is 40.2 Å². The summed E-state index contributed by atoms with van der Waals surface area (Å²) in [5, 5.41) is 2.71. The summed E-state index contributed by atoms with van der Waals surface area (Å²) in [6, 6.07) is 10.9. The molecule has 0 heterocycles. The minimum Gasteiger partial charge on any atom is -0.462 e. The number of nitrogens with one attached hydrogen (secondary N) is 1. The number of hydrogen-bond donors (Lipinski definition) is 1. The van der Waals surface area contributed by atoms with E-state index in [4.69, 9.17) is 4.74 Å². The zero-order valence-corrected chi connectivity index (χ0v) is 18.7. The number of carbonyl (C=O) groups is 2. The summed E-state index contributed by atoms with van der Waals surface area (Å²) in [6.07, 6.45) is 1.32. The maximum Gasteiger partial charge on any atom is 0.340 e. The van der Waals surface area contributed by atoms with Gasteiger partial charge in [-0.15, -0.1) is 0 Å². The fraction of sp³-hybridized carbons (Fsp3) is 0.364. The van der Waals surface area contributed by atoms with E-state index in [2.05, 4.69) is 5.32 Å². The number of benzene rings is 2. The molecule has 0 radical (unpaired) electrons. The topological polar surface area (TPSA) is 92.8 Å². The molecule has 1 amide bonds. The number of rotatable bonds is 8. The van der Waals surface area contributed by atoms with Crippen LogP contribution < -0.4 is 9.62 Å². The highest BCUT2D eigenvalue weighted by atomic mass is 32.2. The third-order valence-electron chi connectivity index (χ3n) is 4.61. The number of para-hydroxylation sites is 1. The van der Waals surface area contributed by atoms with Gasteiger partial charge in [-0.1, -0.05) is 31.2 Å². The molecule has 2 aromatic rings. The lowest BCUT2D eigenvalue weighted by Crippen LogP contribution is -2.47. The number of amides is 1. The van der Waals surface area contributed by atoms with Gasteiger partial charge in [0.25, 0.3) is 0 Å². The van der Waals surface area contributed by atoms with Crippen molar-refractivity contribution in [3.05, 3.63) is 59.2 Å². The summed E-state index contributed by atoms with van der Waals surface area (Å²) in [5.74, 6) is -1.09. The summed E-state index contributed by atoms with van der Waals surface area (Å²) in [6.45, 7) is 7.30. The van der Waals surface area contributed by atoms with E-state index in [-0.39, 0.29) is 24.3 Å². The fourth-order valence-corrected chi connectivity index (χ4v) is 4.45. The van der Waals surface area contributed by atoms with Gasteiger partial charge in [-0.05, 0) is 56.5 Å². The van der Waals surface area contributed by atoms with Crippen LogP contribution in [0, 0.1) is 13.8 Å². The van der Waals surface area contributed by atoms with E-state index < -0.39 is 27.9 Å². The summed E-state index contributed by atoms with van der Waals surface area (Å²) >= 11 is 0. The second kappa shape index (κ2) is 9.75. The van der Waals surface area contributed by atoms with Crippen molar-refractivity contribution in [2.24, 2.45) is 0 Å². The van der Waals surface area contributed by atoms with E-state index in [0.717, 1.165) is 21.7 Å². The predicted molar refractivity (Wildman–Crippen MR) is 118 cm³/mol. The highest BCUT2D eigenvalue weighted by molar-refractivity contribution is 7.92. The number of ether oxygens (including phenoxy) is 1. The monoisotopic (exact) mass is 432 g/mol. The molecule has 0 fully saturated rings. The maximum atomic E-state index is 13.2. The van der Waals surface area contributed by atoms with Crippen molar-refractivity contribution in [1.82, 2.24) is 0 Å². The minimum absolute atomic E-state index is 0.202. The lowest BCUT2D eigenvalue weighted by atomic mass is 10.1. The molecule has 1 N–H and O–H groups in total. The average molecular weight is 433 g/mol. The first-order valence-electron chi connectivity index (χ1n) is 9.73. The van der Waals surface area contributed by atoms with Gasteiger partial charge in [0, 0.05) is 0 Å². The van der Waals surface area contributed by atoms with Gasteiger partial charge in [0.15, 0.2) is 0 Å². The molecule has 0 saturated carbocycles. The molecule has 0 bridgehead atoms. The van der Waals surface area contributed by atoms with Crippen LogP contribution in [0.1, 0.15) is 41.8 Å². The normalized spacial score (nSPS) is 12.2. The van der Waals surface area contributed by atoms with E-state index in [1.807, 2.05) is 19.1 Å². The molecule has 0 aliphatic carbocycles. The molecule has 8 heteroatoms. The standard InChI is InChI=1S/C22H28N2O5S/c1-6-19(24(30(5,27)28)20-14-15(3)12-13-16(20)4)21(25)23-18-11-9-8-10-17(18)22(26)29-7-2/h8-14,19H,6-7H2,1-5H3,(H,23,25)/t19-/m1/s1. The van der Waals surface area contributed by atoms with Gasteiger partial charge in [-0.3, -0.25) is 9.10 Å². The number of aryl methyl sites for hydroxylation is 2. The average Bonchev–Trinajstić information content (AvgIpc) is 2.67. The molecular weight excluding hydrogens is 404 g/mol. The molecule has 0 saturated heterocycles. The third-order valence-corrected chi connectivity index (χ3v) is 5.78. The Hall–Kier alpha value is -2.87. The summed E-state index contributed by atoms with van der Waals surface area (Å²) in [5.41, 5.74) is 2.56. The van der Waals surface area contributed by atoms with Crippen LogP contribution in [0.3, 0.4) is 0 Å². The van der Waals surface area contributed by atoms with E-state index in [0.29, 0.717) is 5.69 Å². The van der Waals surface area contributed by atoms with Crippen molar-refractivity contribution in [1.29, 1.82) is 0 Å². The third kappa shape index (κ3) is 5.38. The van der Waals surface area contributed by atoms with Gasteiger partial charge in [-0.2, -0.15) is 0 Å². The Morgan fingerprint density at radius 2 is 1.77 bits per heavy atom. The van der Waals surface area contributed by atoms with Gasteiger partial charge < -0.3 is 10.1 Å². The van der Waals surface area contributed by atoms with Gasteiger partial charge in [0.2, 0.25) is 15.9 Å². The molecule has 0 spiro atoms. The first-order chi connectivity index (χ1) is 14.1. The van der Waals surface area contributed by atoms with E-state index >= 15 is 0 Å². The van der Waals surface area contributed by atoms with Gasteiger partial charge in [0.05, 0.1) is 29.8 Å². The Kier molecular flexibility index (Phi) is 7.61. The minimum atomic E-state index is -3.76. The molecule has 30 heavy (non-hydrogen) atoms. The number of anilines is 2. The smallest absolute Gasteiger partial charge is 0.340 e. The molecular formula is C22H28N2O5S. The Morgan fingerprint density at radius 1 is 1.10 bits per heavy atom. The first kappa shape index (κ1) is 23.4. The van der Waals surface area contributed by atoms with Crippen LogP contribution in [0.2, 0.25) is 0 Å². The molecule has 1 atom stereocenters. The fourth-order valence-electron chi connectivity index (χ4n) is 3.19. The molecule has 0 aliphatic rings. The zero-order valence-electron chi connectivity index (χ0n) is 17.9. The van der Waals surface area contributed by atoms with Crippen molar-refractivity contribution in [2.75, 3.05) is 22.5 Å². The number of hydrogen-bond acceptors (Lipinski definition) is 5. The van der Waals surface area contributed by atoms with Crippen LogP contribution in [0.4, 0.5) is 11.4 Å². The zero-order chi connectivity index (χ0) is 22.5. The Bertz CT molecular complexity index is 1030. The second-order valence-electron chi connectivity index (χ2n) is 7.03. The van der Waals surface area contributed by atoms with Crippen LogP contribution in [-0.4, -0.2) is 39.2 Å². The maximum absolute atomic E-state index is 13.2. The number of nitrogens with zero attached hydrogens (tertiary/aromatic N) is 1. The Balaban J connectivity index is 2.46. The molecule has 0 unspecified atom stereocenters. The Morgan fingerprint density at radius 3 is 2.37 bits per heavy atom. The van der Waals surface area contributed by atoms with E-state index in [9.17, 15) is 18.0 Å². The first-order valence-corrected chi connectivity index (χ1v) is 11.6. The lowest BCUT2D eigenvalue weighted by molar-refractivity contribution is -0.117. The van der Waals surface area contributed by atoms with Crippen LogP contribution in [-0.2, 0) is 19.6 Å². The largest absolute Gasteiger partial charge is 0.462 e. The second-order valence-corrected chi connectivity index (χ2v) is 8.89. The van der Waals surface area contributed by atoms with Gasteiger partial charge in [0.1, 0.15) is 6.04 Å². The SMILES string of the molecule is CCOC(=O)c1ccccc1NC(=O)[C@@H](CC)N(c1cc(C)ccc1C)S(C)(=O)=O. The Labute approximate surface area is 178 Å². The van der Waals surface area contributed by atoms with Crippen molar-refractivity contribution < 1.29 is 22.7 Å². The van der Waals surface area contributed by atoms with Crippen LogP contribution in [0.15, 0.2) is 42.5 Å². The number of sulfonamides is 1. The highest BCUT2D eigenvalue weighted by Crippen LogP contribution is 2.28. The molecule has 2 rings (SSSR count).